The molecule has 0 spiro atoms. The van der Waals surface area contributed by atoms with E-state index in [2.05, 4.69) is 54.6 Å². The minimum Gasteiger partial charge on any atom is -0.357 e. The molecule has 0 aliphatic carbocycles. The summed E-state index contributed by atoms with van der Waals surface area (Å²) < 4.78 is 0. The van der Waals surface area contributed by atoms with Gasteiger partial charge in [0, 0.05) is 36.9 Å². The molecule has 1 aromatic rings. The molecule has 2 rings (SSSR count). The Morgan fingerprint density at radius 1 is 1.37 bits per heavy atom. The van der Waals surface area contributed by atoms with Gasteiger partial charge in [0.05, 0.1) is 0 Å². The second-order valence-electron chi connectivity index (χ2n) is 5.58. The average Bonchev–Trinajstić information content (AvgIpc) is 2.90. The molecule has 3 nitrogen and oxygen atoms in total. The van der Waals surface area contributed by atoms with Gasteiger partial charge in [0.25, 0.3) is 0 Å². The van der Waals surface area contributed by atoms with E-state index < -0.39 is 0 Å². The third-order valence-electron chi connectivity index (χ3n) is 4.20. The van der Waals surface area contributed by atoms with Gasteiger partial charge >= 0.3 is 0 Å². The van der Waals surface area contributed by atoms with Gasteiger partial charge in [-0.05, 0) is 53.1 Å². The molecule has 0 aromatic carbocycles. The van der Waals surface area contributed by atoms with E-state index >= 15 is 0 Å². The normalized spacial score (nSPS) is 20.2. The lowest BCUT2D eigenvalue weighted by molar-refractivity contribution is 0.205. The number of likely N-dealkylation sites (tertiary alicyclic amines) is 1. The van der Waals surface area contributed by atoms with Gasteiger partial charge in [-0.2, -0.15) is 0 Å². The van der Waals surface area contributed by atoms with Crippen molar-refractivity contribution >= 4 is 5.82 Å². The minimum absolute atomic E-state index is 0.546. The molecule has 1 aromatic heterocycles. The fourth-order valence-electron chi connectivity index (χ4n) is 3.20. The number of pyridine rings is 1. The Balaban J connectivity index is 2.33. The van der Waals surface area contributed by atoms with Crippen molar-refractivity contribution in [2.45, 2.75) is 52.6 Å². The van der Waals surface area contributed by atoms with Crippen LogP contribution in [-0.4, -0.2) is 35.6 Å². The van der Waals surface area contributed by atoms with Crippen molar-refractivity contribution in [2.75, 3.05) is 24.5 Å². The number of aromatic nitrogens is 1. The highest BCUT2D eigenvalue weighted by Crippen LogP contribution is 2.37. The predicted molar refractivity (Wildman–Crippen MR) is 81.6 cm³/mol. The smallest absolute Gasteiger partial charge is 0.133 e. The molecule has 0 bridgehead atoms. The molecule has 3 heteroatoms. The van der Waals surface area contributed by atoms with Crippen LogP contribution in [0.3, 0.4) is 0 Å². The van der Waals surface area contributed by atoms with Crippen molar-refractivity contribution in [3.05, 3.63) is 23.9 Å². The maximum Gasteiger partial charge on any atom is 0.133 e. The molecular weight excluding hydrogens is 234 g/mol. The third kappa shape index (κ3) is 2.92. The van der Waals surface area contributed by atoms with Crippen LogP contribution in [0.2, 0.25) is 0 Å². The number of rotatable bonds is 5. The molecule has 1 unspecified atom stereocenters. The molecule has 0 saturated carbocycles. The molecule has 0 N–H and O–H groups in total. The van der Waals surface area contributed by atoms with Gasteiger partial charge in [0.15, 0.2) is 0 Å². The number of anilines is 1. The second kappa shape index (κ2) is 6.38. The Labute approximate surface area is 117 Å². The van der Waals surface area contributed by atoms with Gasteiger partial charge in [-0.25, -0.2) is 4.98 Å². The lowest BCUT2D eigenvalue weighted by Gasteiger charge is -2.32. The summed E-state index contributed by atoms with van der Waals surface area (Å²) in [6.45, 7) is 12.3. The molecule has 1 aliphatic rings. The number of hydrogen-bond acceptors (Lipinski definition) is 3. The summed E-state index contributed by atoms with van der Waals surface area (Å²) in [6.07, 6.45) is 4.49. The van der Waals surface area contributed by atoms with Crippen LogP contribution in [-0.2, 0) is 0 Å². The van der Waals surface area contributed by atoms with Gasteiger partial charge in [-0.15, -0.1) is 0 Å². The van der Waals surface area contributed by atoms with E-state index in [1.54, 1.807) is 0 Å². The lowest BCUT2D eigenvalue weighted by Crippen LogP contribution is -2.32. The summed E-state index contributed by atoms with van der Waals surface area (Å²) in [5.74, 6) is 1.19. The third-order valence-corrected chi connectivity index (χ3v) is 4.20. The van der Waals surface area contributed by atoms with Crippen LogP contribution in [0.15, 0.2) is 18.3 Å². The molecule has 2 heterocycles. The lowest BCUT2D eigenvalue weighted by atomic mass is 10.0. The van der Waals surface area contributed by atoms with E-state index in [-0.39, 0.29) is 0 Å². The van der Waals surface area contributed by atoms with Gasteiger partial charge in [-0.3, -0.25) is 4.90 Å². The van der Waals surface area contributed by atoms with Crippen molar-refractivity contribution in [3.8, 4) is 0 Å². The van der Waals surface area contributed by atoms with Crippen LogP contribution in [0.25, 0.3) is 0 Å². The van der Waals surface area contributed by atoms with E-state index in [0.29, 0.717) is 12.1 Å². The zero-order valence-electron chi connectivity index (χ0n) is 12.8. The van der Waals surface area contributed by atoms with Crippen LogP contribution in [0.5, 0.6) is 0 Å². The van der Waals surface area contributed by atoms with Crippen LogP contribution >= 0.6 is 0 Å². The van der Waals surface area contributed by atoms with Crippen molar-refractivity contribution in [2.24, 2.45) is 0 Å². The first-order valence-corrected chi connectivity index (χ1v) is 7.64. The van der Waals surface area contributed by atoms with Crippen molar-refractivity contribution < 1.29 is 0 Å². The van der Waals surface area contributed by atoms with Crippen LogP contribution in [0.1, 0.15) is 52.1 Å². The van der Waals surface area contributed by atoms with Gasteiger partial charge in [-0.1, -0.05) is 6.07 Å². The van der Waals surface area contributed by atoms with Crippen molar-refractivity contribution in [3.63, 3.8) is 0 Å². The quantitative estimate of drug-likeness (QED) is 0.809. The Bertz CT molecular complexity index is 399. The minimum atomic E-state index is 0.546. The van der Waals surface area contributed by atoms with Crippen LogP contribution < -0.4 is 4.90 Å². The van der Waals surface area contributed by atoms with Crippen LogP contribution in [0.4, 0.5) is 5.82 Å². The van der Waals surface area contributed by atoms with Gasteiger partial charge in [0.2, 0.25) is 0 Å². The zero-order chi connectivity index (χ0) is 13.8. The molecule has 0 radical (unpaired) electrons. The number of nitrogens with zero attached hydrogens (tertiary/aromatic N) is 3. The summed E-state index contributed by atoms with van der Waals surface area (Å²) >= 11 is 0. The maximum atomic E-state index is 4.66. The Morgan fingerprint density at radius 3 is 2.74 bits per heavy atom. The molecule has 1 aliphatic heterocycles. The highest BCUT2D eigenvalue weighted by Gasteiger charge is 2.30. The highest BCUT2D eigenvalue weighted by molar-refractivity contribution is 5.48. The molecular formula is C16H27N3. The molecule has 1 fully saturated rings. The average molecular weight is 261 g/mol. The standard InChI is InChI=1S/C16H27N3/c1-5-18(6-2)16-14(9-7-11-17-16)15-10-8-12-19(15)13(3)4/h7,9,11,13,15H,5-6,8,10,12H2,1-4H3. The maximum absolute atomic E-state index is 4.66. The summed E-state index contributed by atoms with van der Waals surface area (Å²) in [7, 11) is 0. The van der Waals surface area contributed by atoms with E-state index in [9.17, 15) is 0 Å². The highest BCUT2D eigenvalue weighted by atomic mass is 15.2. The molecule has 1 saturated heterocycles. The predicted octanol–water partition coefficient (Wildman–Crippen LogP) is 3.47. The second-order valence-corrected chi connectivity index (χ2v) is 5.58. The first kappa shape index (κ1) is 14.3. The van der Waals surface area contributed by atoms with E-state index in [1.807, 2.05) is 6.20 Å². The zero-order valence-corrected chi connectivity index (χ0v) is 12.8. The monoisotopic (exact) mass is 261 g/mol. The molecule has 19 heavy (non-hydrogen) atoms. The number of hydrogen-bond donors (Lipinski definition) is 0. The van der Waals surface area contributed by atoms with Crippen molar-refractivity contribution in [1.82, 2.24) is 9.88 Å². The first-order valence-electron chi connectivity index (χ1n) is 7.64. The van der Waals surface area contributed by atoms with Gasteiger partial charge < -0.3 is 4.90 Å². The van der Waals surface area contributed by atoms with Gasteiger partial charge in [0.1, 0.15) is 5.82 Å². The fraction of sp³-hybridized carbons (Fsp3) is 0.688. The largest absolute Gasteiger partial charge is 0.357 e. The Hall–Kier alpha value is -1.09. The summed E-state index contributed by atoms with van der Waals surface area (Å²) in [6, 6.07) is 5.51. The first-order chi connectivity index (χ1) is 9.19. The molecule has 1 atom stereocenters. The van der Waals surface area contributed by atoms with E-state index in [1.165, 1.54) is 30.8 Å². The van der Waals surface area contributed by atoms with E-state index in [4.69, 9.17) is 0 Å². The molecule has 0 amide bonds. The SMILES string of the molecule is CCN(CC)c1ncccc1C1CCCN1C(C)C. The van der Waals surface area contributed by atoms with E-state index in [0.717, 1.165) is 13.1 Å². The van der Waals surface area contributed by atoms with Crippen molar-refractivity contribution in [1.29, 1.82) is 0 Å². The molecule has 106 valence electrons. The van der Waals surface area contributed by atoms with Crippen LogP contribution in [0, 0.1) is 0 Å². The Morgan fingerprint density at radius 2 is 2.11 bits per heavy atom. The topological polar surface area (TPSA) is 19.4 Å². The fourth-order valence-corrected chi connectivity index (χ4v) is 3.20. The summed E-state index contributed by atoms with van der Waals surface area (Å²) in [5.41, 5.74) is 1.41. The summed E-state index contributed by atoms with van der Waals surface area (Å²) in [4.78, 5) is 9.64. The Kier molecular flexibility index (Phi) is 4.81. The summed E-state index contributed by atoms with van der Waals surface area (Å²) in [5, 5.41) is 0.